The Morgan fingerprint density at radius 1 is 1.04 bits per heavy atom. The SMILES string of the molecule is CC(NC(=O)CCNc1ccccc1[N+](=O)[O-])c1ccc2ccccc2c1. The van der Waals surface area contributed by atoms with Crippen LogP contribution < -0.4 is 10.6 Å². The van der Waals surface area contributed by atoms with Crippen molar-refractivity contribution >= 4 is 28.1 Å². The van der Waals surface area contributed by atoms with E-state index in [0.29, 0.717) is 12.2 Å². The van der Waals surface area contributed by atoms with Crippen LogP contribution in [0.25, 0.3) is 10.8 Å². The monoisotopic (exact) mass is 363 g/mol. The van der Waals surface area contributed by atoms with E-state index in [0.717, 1.165) is 16.3 Å². The number of nitrogens with zero attached hydrogens (tertiary/aromatic N) is 1. The molecular formula is C21H21N3O3. The first kappa shape index (κ1) is 18.4. The maximum absolute atomic E-state index is 12.2. The summed E-state index contributed by atoms with van der Waals surface area (Å²) in [5.74, 6) is -0.109. The minimum atomic E-state index is -0.440. The van der Waals surface area contributed by atoms with Gasteiger partial charge in [-0.3, -0.25) is 14.9 Å². The summed E-state index contributed by atoms with van der Waals surface area (Å²) in [7, 11) is 0. The molecule has 0 saturated carbocycles. The maximum atomic E-state index is 12.2. The van der Waals surface area contributed by atoms with Crippen LogP contribution in [0.5, 0.6) is 0 Å². The van der Waals surface area contributed by atoms with E-state index in [-0.39, 0.29) is 24.1 Å². The smallest absolute Gasteiger partial charge is 0.292 e. The highest BCUT2D eigenvalue weighted by Crippen LogP contribution is 2.23. The van der Waals surface area contributed by atoms with E-state index < -0.39 is 4.92 Å². The Balaban J connectivity index is 1.55. The summed E-state index contributed by atoms with van der Waals surface area (Å²) in [4.78, 5) is 22.8. The Morgan fingerprint density at radius 2 is 1.74 bits per heavy atom. The molecule has 1 atom stereocenters. The Hall–Kier alpha value is -3.41. The second-order valence-corrected chi connectivity index (χ2v) is 6.35. The fourth-order valence-corrected chi connectivity index (χ4v) is 2.97. The van der Waals surface area contributed by atoms with Gasteiger partial charge < -0.3 is 10.6 Å². The summed E-state index contributed by atoms with van der Waals surface area (Å²) in [5.41, 5.74) is 1.45. The minimum Gasteiger partial charge on any atom is -0.379 e. The first-order chi connectivity index (χ1) is 13.0. The van der Waals surface area contributed by atoms with E-state index >= 15 is 0 Å². The van der Waals surface area contributed by atoms with Gasteiger partial charge in [-0.25, -0.2) is 0 Å². The lowest BCUT2D eigenvalue weighted by atomic mass is 10.0. The van der Waals surface area contributed by atoms with Crippen molar-refractivity contribution in [3.63, 3.8) is 0 Å². The number of hydrogen-bond acceptors (Lipinski definition) is 4. The number of nitro benzene ring substituents is 1. The highest BCUT2D eigenvalue weighted by Gasteiger charge is 2.13. The molecule has 0 heterocycles. The molecule has 6 nitrogen and oxygen atoms in total. The Bertz CT molecular complexity index is 972. The molecule has 3 aromatic carbocycles. The summed E-state index contributed by atoms with van der Waals surface area (Å²) >= 11 is 0. The fraction of sp³-hybridized carbons (Fsp3) is 0.190. The fourth-order valence-electron chi connectivity index (χ4n) is 2.97. The molecule has 138 valence electrons. The molecule has 0 fully saturated rings. The zero-order chi connectivity index (χ0) is 19.2. The number of anilines is 1. The number of carbonyl (C=O) groups excluding carboxylic acids is 1. The second-order valence-electron chi connectivity index (χ2n) is 6.35. The van der Waals surface area contributed by atoms with Gasteiger partial charge in [0.25, 0.3) is 5.69 Å². The van der Waals surface area contributed by atoms with Crippen molar-refractivity contribution in [2.45, 2.75) is 19.4 Å². The molecule has 0 saturated heterocycles. The molecule has 27 heavy (non-hydrogen) atoms. The van der Waals surface area contributed by atoms with Crippen LogP contribution in [0, 0.1) is 10.1 Å². The molecule has 2 N–H and O–H groups in total. The number of benzene rings is 3. The van der Waals surface area contributed by atoms with Gasteiger partial charge in [0.1, 0.15) is 5.69 Å². The van der Waals surface area contributed by atoms with Gasteiger partial charge in [0, 0.05) is 19.0 Å². The highest BCUT2D eigenvalue weighted by atomic mass is 16.6. The zero-order valence-corrected chi connectivity index (χ0v) is 15.0. The molecule has 0 radical (unpaired) electrons. The largest absolute Gasteiger partial charge is 0.379 e. The van der Waals surface area contributed by atoms with Gasteiger partial charge in [0.15, 0.2) is 0 Å². The summed E-state index contributed by atoms with van der Waals surface area (Å²) in [6, 6.07) is 20.5. The molecule has 0 spiro atoms. The Morgan fingerprint density at radius 3 is 2.52 bits per heavy atom. The summed E-state index contributed by atoms with van der Waals surface area (Å²) < 4.78 is 0. The number of nitro groups is 1. The molecule has 6 heteroatoms. The predicted octanol–water partition coefficient (Wildman–Crippen LogP) is 4.43. The third-order valence-electron chi connectivity index (χ3n) is 4.42. The lowest BCUT2D eigenvalue weighted by Gasteiger charge is -2.15. The van der Waals surface area contributed by atoms with Crippen LogP contribution in [0.1, 0.15) is 24.9 Å². The van der Waals surface area contributed by atoms with Gasteiger partial charge in [0.05, 0.1) is 11.0 Å². The van der Waals surface area contributed by atoms with Crippen LogP contribution in [0.4, 0.5) is 11.4 Å². The average Bonchev–Trinajstić information content (AvgIpc) is 2.67. The first-order valence-corrected chi connectivity index (χ1v) is 8.80. The highest BCUT2D eigenvalue weighted by molar-refractivity contribution is 5.83. The van der Waals surface area contributed by atoms with Crippen molar-refractivity contribution in [2.24, 2.45) is 0 Å². The molecule has 1 amide bonds. The number of nitrogens with one attached hydrogen (secondary N) is 2. The Kier molecular flexibility index (Phi) is 5.66. The van der Waals surface area contributed by atoms with Gasteiger partial charge >= 0.3 is 0 Å². The van der Waals surface area contributed by atoms with Crippen molar-refractivity contribution < 1.29 is 9.72 Å². The number of carbonyl (C=O) groups is 1. The molecule has 0 bridgehead atoms. The van der Waals surface area contributed by atoms with Crippen LogP contribution >= 0.6 is 0 Å². The maximum Gasteiger partial charge on any atom is 0.292 e. The van der Waals surface area contributed by atoms with Crippen molar-refractivity contribution in [3.05, 3.63) is 82.4 Å². The van der Waals surface area contributed by atoms with E-state index in [1.807, 2.05) is 37.3 Å². The van der Waals surface area contributed by atoms with Gasteiger partial charge in [0.2, 0.25) is 5.91 Å². The molecule has 0 aliphatic heterocycles. The lowest BCUT2D eigenvalue weighted by molar-refractivity contribution is -0.384. The quantitative estimate of drug-likeness (QED) is 0.480. The van der Waals surface area contributed by atoms with Gasteiger partial charge in [-0.1, -0.05) is 48.5 Å². The number of fused-ring (bicyclic) bond motifs is 1. The third kappa shape index (κ3) is 4.61. The molecule has 3 rings (SSSR count). The molecule has 3 aromatic rings. The van der Waals surface area contributed by atoms with Crippen molar-refractivity contribution in [3.8, 4) is 0 Å². The molecule has 1 unspecified atom stereocenters. The van der Waals surface area contributed by atoms with Gasteiger partial charge in [-0.15, -0.1) is 0 Å². The van der Waals surface area contributed by atoms with E-state index in [1.165, 1.54) is 6.07 Å². The van der Waals surface area contributed by atoms with Gasteiger partial charge in [-0.2, -0.15) is 0 Å². The normalized spacial score (nSPS) is 11.7. The summed E-state index contributed by atoms with van der Waals surface area (Å²) in [5, 5.41) is 19.2. The van der Waals surface area contributed by atoms with E-state index in [4.69, 9.17) is 0 Å². The number of hydrogen-bond donors (Lipinski definition) is 2. The molecule has 0 aliphatic rings. The topological polar surface area (TPSA) is 84.3 Å². The zero-order valence-electron chi connectivity index (χ0n) is 15.0. The number of rotatable bonds is 7. The van der Waals surface area contributed by atoms with Crippen molar-refractivity contribution in [1.82, 2.24) is 5.32 Å². The van der Waals surface area contributed by atoms with Crippen LogP contribution in [-0.4, -0.2) is 17.4 Å². The van der Waals surface area contributed by atoms with Crippen molar-refractivity contribution in [2.75, 3.05) is 11.9 Å². The van der Waals surface area contributed by atoms with Crippen LogP contribution in [0.2, 0.25) is 0 Å². The average molecular weight is 363 g/mol. The third-order valence-corrected chi connectivity index (χ3v) is 4.42. The lowest BCUT2D eigenvalue weighted by Crippen LogP contribution is -2.28. The van der Waals surface area contributed by atoms with E-state index in [1.54, 1.807) is 18.2 Å². The van der Waals surface area contributed by atoms with Crippen LogP contribution in [-0.2, 0) is 4.79 Å². The van der Waals surface area contributed by atoms with Gasteiger partial charge in [-0.05, 0) is 35.4 Å². The van der Waals surface area contributed by atoms with Crippen molar-refractivity contribution in [1.29, 1.82) is 0 Å². The Labute approximate surface area is 157 Å². The second kappa shape index (κ2) is 8.31. The molecular weight excluding hydrogens is 342 g/mol. The predicted molar refractivity (Wildman–Crippen MR) is 107 cm³/mol. The molecule has 0 aliphatic carbocycles. The number of amides is 1. The number of para-hydroxylation sites is 2. The van der Waals surface area contributed by atoms with Crippen LogP contribution in [0.15, 0.2) is 66.7 Å². The van der Waals surface area contributed by atoms with E-state index in [9.17, 15) is 14.9 Å². The molecule has 0 aromatic heterocycles. The van der Waals surface area contributed by atoms with Crippen LogP contribution in [0.3, 0.4) is 0 Å². The standard InChI is InChI=1S/C21H21N3O3/c1-15(17-11-10-16-6-2-3-7-18(16)14-17)23-21(25)12-13-22-19-8-4-5-9-20(19)24(26)27/h2-11,14-15,22H,12-13H2,1H3,(H,23,25). The summed E-state index contributed by atoms with van der Waals surface area (Å²) in [6.45, 7) is 2.26. The minimum absolute atomic E-state index is 0.00226. The van der Waals surface area contributed by atoms with E-state index in [2.05, 4.69) is 22.8 Å². The first-order valence-electron chi connectivity index (χ1n) is 8.80. The summed E-state index contributed by atoms with van der Waals surface area (Å²) in [6.07, 6.45) is 0.226.